The summed E-state index contributed by atoms with van der Waals surface area (Å²) < 4.78 is 23.2. The molecule has 9 heteroatoms. The second-order valence-corrected chi connectivity index (χ2v) is 9.56. The predicted molar refractivity (Wildman–Crippen MR) is 134 cm³/mol. The fourth-order valence-corrected chi connectivity index (χ4v) is 4.37. The highest BCUT2D eigenvalue weighted by Crippen LogP contribution is 2.21. The molecule has 0 aliphatic heterocycles. The van der Waals surface area contributed by atoms with Gasteiger partial charge in [-0.3, -0.25) is 20.0 Å². The topological polar surface area (TPSA) is 121 Å². The van der Waals surface area contributed by atoms with Crippen LogP contribution < -0.4 is 5.32 Å². The molecule has 34 heavy (non-hydrogen) atoms. The summed E-state index contributed by atoms with van der Waals surface area (Å²) >= 11 is 0. The van der Waals surface area contributed by atoms with Crippen molar-refractivity contribution in [3.63, 3.8) is 0 Å². The molecule has 0 saturated heterocycles. The zero-order chi connectivity index (χ0) is 24.5. The molecule has 3 N–H and O–H groups in total. The average molecular weight is 480 g/mol. The lowest BCUT2D eigenvalue weighted by Gasteiger charge is -2.12. The molecule has 0 saturated carbocycles. The minimum Gasteiger partial charge on any atom is -0.419 e. The van der Waals surface area contributed by atoms with E-state index >= 15 is 0 Å². The molecule has 1 heterocycles. The van der Waals surface area contributed by atoms with Crippen LogP contribution in [0.1, 0.15) is 30.2 Å². The number of hydrogen-bond acceptors (Lipinski definition) is 8. The fraction of sp³-hybridized carbons (Fsp3) is 0.280. The van der Waals surface area contributed by atoms with Crippen molar-refractivity contribution < 1.29 is 13.7 Å². The molecule has 2 unspecified atom stereocenters. The molecule has 8 nitrogen and oxygen atoms in total. The van der Waals surface area contributed by atoms with Crippen molar-refractivity contribution in [2.45, 2.75) is 30.0 Å². The number of ether oxygens (including phenoxy) is 2. The number of aromatic nitrogens is 2. The Bertz CT molecular complexity index is 1150. The van der Waals surface area contributed by atoms with E-state index in [1.54, 1.807) is 25.4 Å². The van der Waals surface area contributed by atoms with Gasteiger partial charge >= 0.3 is 0 Å². The van der Waals surface area contributed by atoms with Crippen molar-refractivity contribution >= 4 is 22.6 Å². The van der Waals surface area contributed by atoms with Crippen LogP contribution in [0.4, 0.5) is 0 Å². The summed E-state index contributed by atoms with van der Waals surface area (Å²) in [5.41, 5.74) is 3.21. The van der Waals surface area contributed by atoms with Crippen molar-refractivity contribution in [3.05, 3.63) is 77.7 Å². The van der Waals surface area contributed by atoms with E-state index in [1.807, 2.05) is 50.4 Å². The Morgan fingerprint density at radius 2 is 1.76 bits per heavy atom. The molecule has 0 radical (unpaired) electrons. The molecule has 0 spiro atoms. The van der Waals surface area contributed by atoms with Gasteiger partial charge in [0, 0.05) is 41.5 Å². The van der Waals surface area contributed by atoms with E-state index in [1.165, 1.54) is 6.20 Å². The maximum absolute atomic E-state index is 12.7. The second-order valence-electron chi connectivity index (χ2n) is 7.69. The van der Waals surface area contributed by atoms with Crippen molar-refractivity contribution in [1.82, 2.24) is 15.3 Å². The van der Waals surface area contributed by atoms with E-state index in [2.05, 4.69) is 15.3 Å². The Labute approximate surface area is 202 Å². The fourth-order valence-electron chi connectivity index (χ4n) is 3.19. The van der Waals surface area contributed by atoms with Gasteiger partial charge in [0.25, 0.3) is 0 Å². The summed E-state index contributed by atoms with van der Waals surface area (Å²) in [6.45, 7) is 3.24. The lowest BCUT2D eigenvalue weighted by Crippen LogP contribution is -2.15. The van der Waals surface area contributed by atoms with E-state index in [-0.39, 0.29) is 22.7 Å². The van der Waals surface area contributed by atoms with Gasteiger partial charge in [-0.25, -0.2) is 4.98 Å². The number of rotatable bonds is 10. The average Bonchev–Trinajstić information content (AvgIpc) is 2.87. The molecule has 3 aromatic rings. The number of nitrogens with one attached hydrogen (secondary N) is 3. The molecular formula is C25H29N5O3S. The molecule has 0 amide bonds. The van der Waals surface area contributed by atoms with Gasteiger partial charge in [0.1, 0.15) is 5.69 Å². The van der Waals surface area contributed by atoms with Gasteiger partial charge in [0.2, 0.25) is 11.8 Å². The first-order chi connectivity index (χ1) is 16.4. The third kappa shape index (κ3) is 6.63. The van der Waals surface area contributed by atoms with Gasteiger partial charge in [-0.2, -0.15) is 0 Å². The lowest BCUT2D eigenvalue weighted by molar-refractivity contribution is 0.195. The third-order valence-electron chi connectivity index (χ3n) is 5.14. The van der Waals surface area contributed by atoms with Crippen LogP contribution in [0, 0.1) is 10.8 Å². The van der Waals surface area contributed by atoms with Gasteiger partial charge in [-0.15, -0.1) is 0 Å². The molecule has 0 aliphatic rings. The molecule has 178 valence electrons. The highest BCUT2D eigenvalue weighted by atomic mass is 32.2. The normalized spacial score (nSPS) is 12.7. The maximum atomic E-state index is 12.7. The number of benzene rings is 2. The van der Waals surface area contributed by atoms with E-state index in [9.17, 15) is 4.21 Å². The molecule has 0 bridgehead atoms. The summed E-state index contributed by atoms with van der Waals surface area (Å²) in [4.78, 5) is 9.39. The standard InChI is InChI=1S/C25H29N5O3S/c1-17(12-13-32-3)34(31)21-10-8-19(9-11-21)22-15-29-16-23(30-22)25(27)33-24(26)20-6-4-18(5-7-20)14-28-2/h4-11,15-17,26-28H,12-14H2,1-3H3. The van der Waals surface area contributed by atoms with Gasteiger partial charge in [0.05, 0.1) is 28.9 Å². The summed E-state index contributed by atoms with van der Waals surface area (Å²) in [5.74, 6) is -0.397. The quantitative estimate of drug-likeness (QED) is 0.301. The van der Waals surface area contributed by atoms with E-state index in [0.717, 1.165) is 29.0 Å². The van der Waals surface area contributed by atoms with E-state index < -0.39 is 10.8 Å². The smallest absolute Gasteiger partial charge is 0.241 e. The van der Waals surface area contributed by atoms with Crippen molar-refractivity contribution in [2.75, 3.05) is 20.8 Å². The van der Waals surface area contributed by atoms with Crippen LogP contribution in [-0.2, 0) is 26.8 Å². The molecule has 2 atom stereocenters. The van der Waals surface area contributed by atoms with Gasteiger partial charge < -0.3 is 14.8 Å². The molecular weight excluding hydrogens is 450 g/mol. The minimum absolute atomic E-state index is 0.0126. The summed E-state index contributed by atoms with van der Waals surface area (Å²) in [7, 11) is 2.37. The first-order valence-corrected chi connectivity index (χ1v) is 12.1. The molecule has 1 aromatic heterocycles. The van der Waals surface area contributed by atoms with Crippen LogP contribution in [0.2, 0.25) is 0 Å². The summed E-state index contributed by atoms with van der Waals surface area (Å²) in [6, 6.07) is 14.7. The zero-order valence-electron chi connectivity index (χ0n) is 19.5. The number of hydrogen-bond donors (Lipinski definition) is 3. The van der Waals surface area contributed by atoms with Crippen LogP contribution in [0.3, 0.4) is 0 Å². The maximum Gasteiger partial charge on any atom is 0.241 e. The third-order valence-corrected chi connectivity index (χ3v) is 6.85. The number of methoxy groups -OCH3 is 1. The Morgan fingerprint density at radius 3 is 2.41 bits per heavy atom. The van der Waals surface area contributed by atoms with Crippen LogP contribution >= 0.6 is 0 Å². The van der Waals surface area contributed by atoms with Crippen molar-refractivity contribution in [2.24, 2.45) is 0 Å². The molecule has 2 aromatic carbocycles. The molecule has 0 aliphatic carbocycles. The zero-order valence-corrected chi connectivity index (χ0v) is 20.3. The van der Waals surface area contributed by atoms with Gasteiger partial charge in [0.15, 0.2) is 0 Å². The van der Waals surface area contributed by atoms with Crippen LogP contribution in [0.25, 0.3) is 11.3 Å². The Morgan fingerprint density at radius 1 is 1.06 bits per heavy atom. The Kier molecular flexibility index (Phi) is 9.15. The van der Waals surface area contributed by atoms with Crippen LogP contribution in [-0.4, -0.2) is 52.0 Å². The highest BCUT2D eigenvalue weighted by Gasteiger charge is 2.15. The Hall–Kier alpha value is -3.27. The Balaban J connectivity index is 1.68. The minimum atomic E-state index is -1.13. The first kappa shape index (κ1) is 25.4. The monoisotopic (exact) mass is 479 g/mol. The van der Waals surface area contributed by atoms with Crippen molar-refractivity contribution in [1.29, 1.82) is 10.8 Å². The number of nitrogens with zero attached hydrogens (tertiary/aromatic N) is 2. The SMILES string of the molecule is CNCc1ccc(C(=N)OC(=N)c2cncc(-c3ccc(S(=O)C(C)CCOC)cc3)n2)cc1. The van der Waals surface area contributed by atoms with E-state index in [4.69, 9.17) is 20.3 Å². The molecule has 0 fully saturated rings. The van der Waals surface area contributed by atoms with Crippen LogP contribution in [0.15, 0.2) is 65.8 Å². The molecule has 3 rings (SSSR count). The highest BCUT2D eigenvalue weighted by molar-refractivity contribution is 7.85. The van der Waals surface area contributed by atoms with Crippen molar-refractivity contribution in [3.8, 4) is 11.3 Å². The van der Waals surface area contributed by atoms with Gasteiger partial charge in [-0.05, 0) is 43.3 Å². The van der Waals surface area contributed by atoms with E-state index in [0.29, 0.717) is 17.9 Å². The largest absolute Gasteiger partial charge is 0.419 e. The van der Waals surface area contributed by atoms with Gasteiger partial charge in [-0.1, -0.05) is 31.2 Å². The second kappa shape index (κ2) is 12.3. The summed E-state index contributed by atoms with van der Waals surface area (Å²) in [6.07, 6.45) is 3.74. The summed E-state index contributed by atoms with van der Waals surface area (Å²) in [5, 5.41) is 19.5. The first-order valence-electron chi connectivity index (χ1n) is 10.8. The van der Waals surface area contributed by atoms with Crippen LogP contribution in [0.5, 0.6) is 0 Å². The lowest BCUT2D eigenvalue weighted by atomic mass is 10.1. The predicted octanol–water partition coefficient (Wildman–Crippen LogP) is 3.76.